The first-order valence-electron chi connectivity index (χ1n) is 12.8. The highest BCUT2D eigenvalue weighted by Crippen LogP contribution is 2.31. The molecule has 1 fully saturated rings. The monoisotopic (exact) mass is 552 g/mol. The Kier molecular flexibility index (Phi) is 10.8. The summed E-state index contributed by atoms with van der Waals surface area (Å²) in [5, 5.41) is 48.3. The van der Waals surface area contributed by atoms with E-state index in [-0.39, 0.29) is 24.1 Å². The predicted octanol–water partition coefficient (Wildman–Crippen LogP) is -0.435. The zero-order chi connectivity index (χ0) is 28.7. The number of hydrogen-bond acceptors (Lipinski definition) is 9. The van der Waals surface area contributed by atoms with Gasteiger partial charge in [0.05, 0.1) is 13.2 Å². The van der Waals surface area contributed by atoms with Crippen LogP contribution in [0.1, 0.15) is 55.0 Å². The Morgan fingerprint density at radius 3 is 2.44 bits per heavy atom. The van der Waals surface area contributed by atoms with Crippen molar-refractivity contribution in [1.82, 2.24) is 15.5 Å². The van der Waals surface area contributed by atoms with E-state index in [1.54, 1.807) is 0 Å². The first-order valence-corrected chi connectivity index (χ1v) is 12.8. The molecule has 0 bridgehead atoms. The second kappa shape index (κ2) is 13.8. The molecule has 216 valence electrons. The van der Waals surface area contributed by atoms with Crippen LogP contribution in [-0.2, 0) is 27.2 Å². The molecule has 5 unspecified atom stereocenters. The van der Waals surface area contributed by atoms with Crippen LogP contribution in [0.15, 0.2) is 24.3 Å². The zero-order valence-corrected chi connectivity index (χ0v) is 21.9. The van der Waals surface area contributed by atoms with Crippen molar-refractivity contribution >= 4 is 11.8 Å². The standard InChI is InChI=1S/C26H37FN4O8/c1-13(2)21-16(25(31-30-21)39-26-23(36)22(35)20(27)18(12-33)38-26)10-15-8-6-14(7-9-15)4-3-5-19(34)29-17(11-32)24(28)37/h6-9,13,17-18,20,22-23,26,32-33,35-36H,3-5,10-12H2,1-2H3,(H2,28,37)(H,29,34)(H,30,31)/t17-,18?,20?,22?,23?,26?/m0/s1. The molecular weight excluding hydrogens is 515 g/mol. The normalized spacial score (nSPS) is 23.9. The number of aryl methyl sites for hydroxylation is 1. The number of amides is 2. The molecule has 2 heterocycles. The van der Waals surface area contributed by atoms with Crippen LogP contribution in [-0.4, -0.2) is 92.5 Å². The fourth-order valence-corrected chi connectivity index (χ4v) is 4.31. The Morgan fingerprint density at radius 2 is 1.85 bits per heavy atom. The number of alkyl halides is 1. The van der Waals surface area contributed by atoms with Gasteiger partial charge in [0.25, 0.3) is 0 Å². The molecule has 1 saturated heterocycles. The highest BCUT2D eigenvalue weighted by atomic mass is 19.1. The van der Waals surface area contributed by atoms with Crippen molar-refractivity contribution in [2.45, 2.75) is 82.3 Å². The lowest BCUT2D eigenvalue weighted by Gasteiger charge is -2.38. The number of H-pyrrole nitrogens is 1. The van der Waals surface area contributed by atoms with E-state index in [1.165, 1.54) is 0 Å². The van der Waals surface area contributed by atoms with Crippen LogP contribution in [0.4, 0.5) is 4.39 Å². The number of benzene rings is 1. The summed E-state index contributed by atoms with van der Waals surface area (Å²) in [5.41, 5.74) is 8.54. The summed E-state index contributed by atoms with van der Waals surface area (Å²) in [6.07, 6.45) is -6.47. The van der Waals surface area contributed by atoms with E-state index in [0.29, 0.717) is 24.8 Å². The molecule has 3 rings (SSSR count). The third kappa shape index (κ3) is 7.73. The lowest BCUT2D eigenvalue weighted by atomic mass is 9.98. The lowest BCUT2D eigenvalue weighted by Crippen LogP contribution is -2.58. The number of carbonyl (C=O) groups is 2. The molecule has 6 atom stereocenters. The van der Waals surface area contributed by atoms with E-state index in [2.05, 4.69) is 15.5 Å². The SMILES string of the molecule is CC(C)c1[nH]nc(OC2OC(CO)C(F)C(O)C2O)c1Cc1ccc(CCCC(=O)N[C@@H](CO)C(N)=O)cc1. The molecule has 0 saturated carbocycles. The molecule has 1 aromatic heterocycles. The van der Waals surface area contributed by atoms with E-state index < -0.39 is 55.9 Å². The number of rotatable bonds is 13. The largest absolute Gasteiger partial charge is 0.443 e. The van der Waals surface area contributed by atoms with Gasteiger partial charge in [-0.15, -0.1) is 5.10 Å². The van der Waals surface area contributed by atoms with Gasteiger partial charge in [0.1, 0.15) is 24.4 Å². The smallest absolute Gasteiger partial charge is 0.242 e. The number of halogens is 1. The average Bonchev–Trinajstić information content (AvgIpc) is 3.30. The Labute approximate surface area is 225 Å². The Morgan fingerprint density at radius 1 is 1.18 bits per heavy atom. The van der Waals surface area contributed by atoms with E-state index in [0.717, 1.165) is 16.8 Å². The summed E-state index contributed by atoms with van der Waals surface area (Å²) in [4.78, 5) is 23.1. The van der Waals surface area contributed by atoms with Gasteiger partial charge in [0.15, 0.2) is 6.17 Å². The first kappa shape index (κ1) is 30.4. The van der Waals surface area contributed by atoms with E-state index in [4.69, 9.17) is 20.3 Å². The maximum absolute atomic E-state index is 14.1. The van der Waals surface area contributed by atoms with Gasteiger partial charge in [0, 0.05) is 24.1 Å². The van der Waals surface area contributed by atoms with Crippen molar-refractivity contribution in [3.05, 3.63) is 46.6 Å². The van der Waals surface area contributed by atoms with Crippen LogP contribution in [0.2, 0.25) is 0 Å². The summed E-state index contributed by atoms with van der Waals surface area (Å²) in [5.74, 6) is -0.976. The molecule has 1 aliphatic heterocycles. The van der Waals surface area contributed by atoms with Gasteiger partial charge in [-0.05, 0) is 29.9 Å². The molecule has 1 aliphatic rings. The van der Waals surface area contributed by atoms with Crippen molar-refractivity contribution < 1.29 is 43.9 Å². The number of ether oxygens (including phenoxy) is 2. The quantitative estimate of drug-likeness (QED) is 0.172. The number of hydrogen-bond donors (Lipinski definition) is 7. The van der Waals surface area contributed by atoms with Crippen LogP contribution in [0.5, 0.6) is 5.88 Å². The summed E-state index contributed by atoms with van der Waals surface area (Å²) in [7, 11) is 0. The number of nitrogens with one attached hydrogen (secondary N) is 2. The lowest BCUT2D eigenvalue weighted by molar-refractivity contribution is -0.265. The van der Waals surface area contributed by atoms with Gasteiger partial charge < -0.3 is 41.0 Å². The molecule has 1 aromatic carbocycles. The summed E-state index contributed by atoms with van der Waals surface area (Å²) < 4.78 is 25.2. The van der Waals surface area contributed by atoms with Crippen LogP contribution < -0.4 is 15.8 Å². The summed E-state index contributed by atoms with van der Waals surface area (Å²) >= 11 is 0. The number of aromatic nitrogens is 2. The minimum absolute atomic E-state index is 0.0541. The van der Waals surface area contributed by atoms with Crippen molar-refractivity contribution in [1.29, 1.82) is 0 Å². The van der Waals surface area contributed by atoms with Gasteiger partial charge in [0.2, 0.25) is 24.0 Å². The minimum Gasteiger partial charge on any atom is -0.443 e. The first-order chi connectivity index (χ1) is 18.5. The third-order valence-corrected chi connectivity index (χ3v) is 6.60. The average molecular weight is 553 g/mol. The van der Waals surface area contributed by atoms with Crippen molar-refractivity contribution in [3.8, 4) is 5.88 Å². The molecule has 8 N–H and O–H groups in total. The molecular formula is C26H37FN4O8. The Bertz CT molecular complexity index is 1090. The van der Waals surface area contributed by atoms with Crippen LogP contribution in [0.3, 0.4) is 0 Å². The topological polar surface area (TPSA) is 200 Å². The second-order valence-corrected chi connectivity index (χ2v) is 9.90. The molecule has 0 spiro atoms. The number of aromatic amines is 1. The van der Waals surface area contributed by atoms with E-state index in [1.807, 2.05) is 38.1 Å². The Hall–Kier alpha value is -3.10. The molecule has 0 aliphatic carbocycles. The van der Waals surface area contributed by atoms with Gasteiger partial charge >= 0.3 is 0 Å². The fraction of sp³-hybridized carbons (Fsp3) is 0.577. The number of aliphatic hydroxyl groups is 4. The van der Waals surface area contributed by atoms with Gasteiger partial charge in [-0.3, -0.25) is 14.7 Å². The van der Waals surface area contributed by atoms with Crippen molar-refractivity contribution in [2.24, 2.45) is 5.73 Å². The van der Waals surface area contributed by atoms with Crippen molar-refractivity contribution in [3.63, 3.8) is 0 Å². The second-order valence-electron chi connectivity index (χ2n) is 9.90. The molecule has 13 heteroatoms. The van der Waals surface area contributed by atoms with Crippen LogP contribution in [0, 0.1) is 0 Å². The number of carbonyl (C=O) groups excluding carboxylic acids is 2. The number of aliphatic hydroxyl groups excluding tert-OH is 4. The molecule has 2 amide bonds. The zero-order valence-electron chi connectivity index (χ0n) is 21.9. The molecule has 12 nitrogen and oxygen atoms in total. The van der Waals surface area contributed by atoms with Crippen LogP contribution in [0.25, 0.3) is 0 Å². The maximum Gasteiger partial charge on any atom is 0.242 e. The highest BCUT2D eigenvalue weighted by molar-refractivity contribution is 5.86. The molecule has 0 radical (unpaired) electrons. The molecule has 2 aromatic rings. The van der Waals surface area contributed by atoms with Gasteiger partial charge in [-0.25, -0.2) is 4.39 Å². The minimum atomic E-state index is -1.96. The fourth-order valence-electron chi connectivity index (χ4n) is 4.31. The Balaban J connectivity index is 1.64. The number of nitrogens with two attached hydrogens (primary N) is 1. The number of nitrogens with zero attached hydrogens (tertiary/aromatic N) is 1. The maximum atomic E-state index is 14.1. The van der Waals surface area contributed by atoms with Crippen LogP contribution >= 0.6 is 0 Å². The number of primary amides is 1. The third-order valence-electron chi connectivity index (χ3n) is 6.60. The van der Waals surface area contributed by atoms with Gasteiger partial charge in [-0.1, -0.05) is 38.1 Å². The highest BCUT2D eigenvalue weighted by Gasteiger charge is 2.46. The summed E-state index contributed by atoms with van der Waals surface area (Å²) in [6, 6.07) is 6.62. The van der Waals surface area contributed by atoms with Gasteiger partial charge in [-0.2, -0.15) is 0 Å². The summed E-state index contributed by atoms with van der Waals surface area (Å²) in [6.45, 7) is 2.69. The van der Waals surface area contributed by atoms with E-state index >= 15 is 0 Å². The van der Waals surface area contributed by atoms with Crippen molar-refractivity contribution in [2.75, 3.05) is 13.2 Å². The van der Waals surface area contributed by atoms with E-state index in [9.17, 15) is 29.3 Å². The molecule has 39 heavy (non-hydrogen) atoms. The predicted molar refractivity (Wildman–Crippen MR) is 136 cm³/mol.